The van der Waals surface area contributed by atoms with Gasteiger partial charge in [0.15, 0.2) is 0 Å². The summed E-state index contributed by atoms with van der Waals surface area (Å²) in [7, 11) is 0. The summed E-state index contributed by atoms with van der Waals surface area (Å²) in [5.41, 5.74) is 5.36. The zero-order valence-electron chi connectivity index (χ0n) is 11.4. The normalized spacial score (nSPS) is 17.7. The van der Waals surface area contributed by atoms with Gasteiger partial charge >= 0.3 is 0 Å². The molecule has 3 nitrogen and oxygen atoms in total. The van der Waals surface area contributed by atoms with Crippen molar-refractivity contribution in [3.63, 3.8) is 0 Å². The summed E-state index contributed by atoms with van der Waals surface area (Å²) in [5.74, 6) is 0. The third-order valence-electron chi connectivity index (χ3n) is 3.51. The summed E-state index contributed by atoms with van der Waals surface area (Å²) >= 11 is 0. The van der Waals surface area contributed by atoms with Gasteiger partial charge in [-0.1, -0.05) is 53.7 Å². The average Bonchev–Trinajstić information content (AvgIpc) is 2.94. The Morgan fingerprint density at radius 3 is 2.05 bits per heavy atom. The molecular weight excluding hydrogens is 250 g/mol. The van der Waals surface area contributed by atoms with Gasteiger partial charge in [-0.15, -0.1) is 0 Å². The summed E-state index contributed by atoms with van der Waals surface area (Å²) < 4.78 is 0. The lowest BCUT2D eigenvalue weighted by Crippen LogP contribution is -2.02. The van der Waals surface area contributed by atoms with E-state index in [0.29, 0.717) is 0 Å². The fourth-order valence-corrected chi connectivity index (χ4v) is 2.33. The molecule has 102 valence electrons. The number of rotatable bonds is 3. The van der Waals surface area contributed by atoms with Crippen LogP contribution in [0.4, 0.5) is 0 Å². The van der Waals surface area contributed by atoms with Crippen LogP contribution in [-0.2, 0) is 11.4 Å². The average molecular weight is 267 g/mol. The lowest BCUT2D eigenvalue weighted by Gasteiger charge is -2.05. The Hall–Kier alpha value is -2.13. The molecule has 3 rings (SSSR count). The predicted molar refractivity (Wildman–Crippen MR) is 79.5 cm³/mol. The highest BCUT2D eigenvalue weighted by molar-refractivity contribution is 6.01. The van der Waals surface area contributed by atoms with Gasteiger partial charge in [0.2, 0.25) is 0 Å². The van der Waals surface area contributed by atoms with Crippen molar-refractivity contribution in [1.82, 2.24) is 0 Å². The second kappa shape index (κ2) is 5.47. The van der Waals surface area contributed by atoms with Crippen molar-refractivity contribution in [3.8, 4) is 11.1 Å². The predicted octanol–water partition coefficient (Wildman–Crippen LogP) is 3.36. The second-order valence-electron chi connectivity index (χ2n) is 5.09. The smallest absolute Gasteiger partial charge is 0.130 e. The summed E-state index contributed by atoms with van der Waals surface area (Å²) in [6.07, 6.45) is 1.04. The lowest BCUT2D eigenvalue weighted by atomic mass is 10.00. The Kier molecular flexibility index (Phi) is 3.52. The molecule has 0 fully saturated rings. The van der Waals surface area contributed by atoms with Gasteiger partial charge in [0.1, 0.15) is 6.10 Å². The first-order valence-electron chi connectivity index (χ1n) is 6.79. The standard InChI is InChI=1S/C17H17NO2/c1-12-10-17(18-20-12)16-8-6-15(7-9-16)14-4-2-13(11-19)3-5-14/h2-9,12,19H,10-11H2,1H3. The molecule has 3 heteroatoms. The highest BCUT2D eigenvalue weighted by atomic mass is 16.6. The van der Waals surface area contributed by atoms with Crippen LogP contribution in [0.1, 0.15) is 24.5 Å². The zero-order chi connectivity index (χ0) is 13.9. The summed E-state index contributed by atoms with van der Waals surface area (Å²) in [6.45, 7) is 2.10. The minimum absolute atomic E-state index is 0.0806. The number of nitrogens with zero attached hydrogens (tertiary/aromatic N) is 1. The van der Waals surface area contributed by atoms with Crippen LogP contribution in [0.15, 0.2) is 53.7 Å². The molecule has 1 N–H and O–H groups in total. The zero-order valence-corrected chi connectivity index (χ0v) is 11.4. The molecule has 0 saturated carbocycles. The van der Waals surface area contributed by atoms with E-state index in [1.165, 1.54) is 0 Å². The van der Waals surface area contributed by atoms with Gasteiger partial charge in [0.25, 0.3) is 0 Å². The molecule has 0 aliphatic carbocycles. The molecule has 2 aromatic rings. The molecular formula is C17H17NO2. The largest absolute Gasteiger partial charge is 0.392 e. The van der Waals surface area contributed by atoms with Gasteiger partial charge in [0.05, 0.1) is 12.3 Å². The minimum atomic E-state index is 0.0806. The number of hydrogen-bond acceptors (Lipinski definition) is 3. The third kappa shape index (κ3) is 2.58. The van der Waals surface area contributed by atoms with Gasteiger partial charge in [-0.3, -0.25) is 0 Å². The molecule has 1 heterocycles. The molecule has 20 heavy (non-hydrogen) atoms. The van der Waals surface area contributed by atoms with E-state index in [2.05, 4.69) is 29.4 Å². The van der Waals surface area contributed by atoms with Crippen LogP contribution in [0.25, 0.3) is 11.1 Å². The molecule has 1 aliphatic rings. The van der Waals surface area contributed by atoms with Crippen molar-refractivity contribution in [2.45, 2.75) is 26.1 Å². The number of oxime groups is 1. The van der Waals surface area contributed by atoms with E-state index in [1.807, 2.05) is 31.2 Å². The monoisotopic (exact) mass is 267 g/mol. The molecule has 0 saturated heterocycles. The molecule has 0 bridgehead atoms. The minimum Gasteiger partial charge on any atom is -0.392 e. The van der Waals surface area contributed by atoms with Crippen LogP contribution in [0.3, 0.4) is 0 Å². The van der Waals surface area contributed by atoms with E-state index in [1.54, 1.807) is 0 Å². The Labute approximate surface area is 118 Å². The van der Waals surface area contributed by atoms with E-state index in [-0.39, 0.29) is 12.7 Å². The summed E-state index contributed by atoms with van der Waals surface area (Å²) in [6, 6.07) is 16.3. The maximum atomic E-state index is 9.05. The lowest BCUT2D eigenvalue weighted by molar-refractivity contribution is 0.0995. The van der Waals surface area contributed by atoms with Crippen molar-refractivity contribution >= 4 is 5.71 Å². The first kappa shape index (κ1) is 12.9. The topological polar surface area (TPSA) is 41.8 Å². The molecule has 0 spiro atoms. The molecule has 0 amide bonds. The van der Waals surface area contributed by atoms with Gasteiger partial charge in [0, 0.05) is 6.42 Å². The Morgan fingerprint density at radius 1 is 1.00 bits per heavy atom. The molecule has 0 radical (unpaired) electrons. The molecule has 1 unspecified atom stereocenters. The van der Waals surface area contributed by atoms with E-state index >= 15 is 0 Å². The van der Waals surface area contributed by atoms with E-state index in [4.69, 9.17) is 9.94 Å². The van der Waals surface area contributed by atoms with Crippen LogP contribution >= 0.6 is 0 Å². The van der Waals surface area contributed by atoms with Crippen molar-refractivity contribution in [2.24, 2.45) is 5.16 Å². The highest BCUT2D eigenvalue weighted by Gasteiger charge is 2.17. The molecule has 1 atom stereocenters. The number of aliphatic hydroxyl groups is 1. The highest BCUT2D eigenvalue weighted by Crippen LogP contribution is 2.22. The van der Waals surface area contributed by atoms with Crippen molar-refractivity contribution in [3.05, 3.63) is 59.7 Å². The first-order valence-corrected chi connectivity index (χ1v) is 6.79. The van der Waals surface area contributed by atoms with Crippen molar-refractivity contribution < 1.29 is 9.94 Å². The fraction of sp³-hybridized carbons (Fsp3) is 0.235. The van der Waals surface area contributed by atoms with Gasteiger partial charge in [-0.05, 0) is 29.2 Å². The summed E-state index contributed by atoms with van der Waals surface area (Å²) in [4.78, 5) is 5.22. The Balaban J connectivity index is 1.82. The quantitative estimate of drug-likeness (QED) is 0.926. The summed E-state index contributed by atoms with van der Waals surface area (Å²) in [5, 5.41) is 13.2. The Morgan fingerprint density at radius 2 is 1.55 bits per heavy atom. The van der Waals surface area contributed by atoms with E-state index in [9.17, 15) is 0 Å². The van der Waals surface area contributed by atoms with Crippen LogP contribution < -0.4 is 0 Å². The first-order chi connectivity index (χ1) is 9.76. The number of benzene rings is 2. The van der Waals surface area contributed by atoms with Gasteiger partial charge < -0.3 is 9.94 Å². The van der Waals surface area contributed by atoms with Crippen molar-refractivity contribution in [1.29, 1.82) is 0 Å². The number of aliphatic hydroxyl groups excluding tert-OH is 1. The molecule has 0 aromatic heterocycles. The van der Waals surface area contributed by atoms with E-state index in [0.717, 1.165) is 34.4 Å². The van der Waals surface area contributed by atoms with Gasteiger partial charge in [-0.2, -0.15) is 0 Å². The Bertz CT molecular complexity index is 614. The molecule has 2 aromatic carbocycles. The van der Waals surface area contributed by atoms with Crippen LogP contribution in [-0.4, -0.2) is 16.9 Å². The molecule has 1 aliphatic heterocycles. The van der Waals surface area contributed by atoms with Crippen molar-refractivity contribution in [2.75, 3.05) is 0 Å². The maximum absolute atomic E-state index is 9.05. The SMILES string of the molecule is CC1CC(c2ccc(-c3ccc(CO)cc3)cc2)=NO1. The van der Waals surface area contributed by atoms with Crippen LogP contribution in [0, 0.1) is 0 Å². The van der Waals surface area contributed by atoms with Crippen LogP contribution in [0.2, 0.25) is 0 Å². The third-order valence-corrected chi connectivity index (χ3v) is 3.51. The number of hydrogen-bond donors (Lipinski definition) is 1. The van der Waals surface area contributed by atoms with Gasteiger partial charge in [-0.25, -0.2) is 0 Å². The maximum Gasteiger partial charge on any atom is 0.130 e. The second-order valence-corrected chi connectivity index (χ2v) is 5.09. The van der Waals surface area contributed by atoms with Crippen LogP contribution in [0.5, 0.6) is 0 Å². The van der Waals surface area contributed by atoms with E-state index < -0.39 is 0 Å². The fourth-order valence-electron chi connectivity index (χ4n) is 2.33.